The second-order valence-corrected chi connectivity index (χ2v) is 6.24. The van der Waals surface area contributed by atoms with Crippen LogP contribution >= 0.6 is 0 Å². The first-order chi connectivity index (χ1) is 12.5. The lowest BCUT2D eigenvalue weighted by Gasteiger charge is -2.19. The molecule has 2 N–H and O–H groups in total. The Morgan fingerprint density at radius 1 is 0.923 bits per heavy atom. The Hall–Kier alpha value is -3.28. The number of pyridine rings is 2. The van der Waals surface area contributed by atoms with Crippen LogP contribution in [0.2, 0.25) is 0 Å². The van der Waals surface area contributed by atoms with E-state index in [9.17, 15) is 9.59 Å². The molecule has 2 heterocycles. The van der Waals surface area contributed by atoms with Gasteiger partial charge in [0.2, 0.25) is 5.91 Å². The van der Waals surface area contributed by atoms with E-state index in [1.54, 1.807) is 48.8 Å². The molecule has 0 fully saturated rings. The van der Waals surface area contributed by atoms with Crippen molar-refractivity contribution >= 4 is 22.7 Å². The average Bonchev–Trinajstić information content (AvgIpc) is 2.65. The Morgan fingerprint density at radius 3 is 2.46 bits per heavy atom. The number of nitrogens with zero attached hydrogens (tertiary/aromatic N) is 2. The lowest BCUT2D eigenvalue weighted by atomic mass is 10.1. The summed E-state index contributed by atoms with van der Waals surface area (Å²) in [6.45, 7) is 3.73. The zero-order valence-corrected chi connectivity index (χ0v) is 14.6. The number of aromatic nitrogens is 2. The summed E-state index contributed by atoms with van der Waals surface area (Å²) in [5, 5.41) is 6.47. The van der Waals surface area contributed by atoms with Crippen LogP contribution in [0.25, 0.3) is 10.9 Å². The van der Waals surface area contributed by atoms with Crippen LogP contribution in [-0.2, 0) is 4.79 Å². The van der Waals surface area contributed by atoms with Crippen molar-refractivity contribution in [1.82, 2.24) is 20.6 Å². The number of carbonyl (C=O) groups is 2. The van der Waals surface area contributed by atoms with E-state index in [-0.39, 0.29) is 17.9 Å². The fourth-order valence-corrected chi connectivity index (χ4v) is 2.62. The van der Waals surface area contributed by atoms with E-state index in [1.807, 2.05) is 26.0 Å². The molecule has 132 valence electrons. The third-order valence-corrected chi connectivity index (χ3v) is 3.82. The Kier molecular flexibility index (Phi) is 5.22. The van der Waals surface area contributed by atoms with Crippen molar-refractivity contribution in [2.45, 2.75) is 25.9 Å². The van der Waals surface area contributed by atoms with Crippen LogP contribution in [0.3, 0.4) is 0 Å². The van der Waals surface area contributed by atoms with Gasteiger partial charge in [-0.25, -0.2) is 0 Å². The van der Waals surface area contributed by atoms with Crippen molar-refractivity contribution in [3.8, 4) is 0 Å². The van der Waals surface area contributed by atoms with Crippen molar-refractivity contribution in [3.63, 3.8) is 0 Å². The number of rotatable bonds is 5. The van der Waals surface area contributed by atoms with Crippen LogP contribution in [-0.4, -0.2) is 27.8 Å². The molecule has 2 amide bonds. The summed E-state index contributed by atoms with van der Waals surface area (Å²) in [4.78, 5) is 33.7. The van der Waals surface area contributed by atoms with Gasteiger partial charge < -0.3 is 10.6 Å². The first kappa shape index (κ1) is 17.5. The van der Waals surface area contributed by atoms with Gasteiger partial charge in [0.15, 0.2) is 6.04 Å². The van der Waals surface area contributed by atoms with E-state index in [0.29, 0.717) is 11.3 Å². The summed E-state index contributed by atoms with van der Waals surface area (Å²) in [6, 6.07) is 13.3. The third kappa shape index (κ3) is 4.03. The largest absolute Gasteiger partial charge is 0.352 e. The maximum absolute atomic E-state index is 12.7. The fourth-order valence-electron chi connectivity index (χ4n) is 2.62. The van der Waals surface area contributed by atoms with Gasteiger partial charge in [0.1, 0.15) is 0 Å². The van der Waals surface area contributed by atoms with Crippen LogP contribution in [0.1, 0.15) is 35.9 Å². The van der Waals surface area contributed by atoms with Gasteiger partial charge in [0.25, 0.3) is 5.91 Å². The molecular weight excluding hydrogens is 328 g/mol. The van der Waals surface area contributed by atoms with E-state index in [4.69, 9.17) is 0 Å². The second-order valence-electron chi connectivity index (χ2n) is 6.24. The van der Waals surface area contributed by atoms with Crippen LogP contribution in [0.4, 0.5) is 0 Å². The molecule has 6 nitrogen and oxygen atoms in total. The topological polar surface area (TPSA) is 84.0 Å². The maximum atomic E-state index is 12.7. The van der Waals surface area contributed by atoms with Gasteiger partial charge >= 0.3 is 0 Å². The zero-order valence-electron chi connectivity index (χ0n) is 14.6. The number of hydrogen-bond donors (Lipinski definition) is 2. The standard InChI is InChI=1S/C20H20N4O2/c1-13(2)23-20(26)18(17-7-3-4-10-22-17)24-19(25)15-8-9-16-14(12-15)6-5-11-21-16/h3-13,18H,1-2H3,(H,23,26)(H,24,25). The number of hydrogen-bond acceptors (Lipinski definition) is 4. The summed E-state index contributed by atoms with van der Waals surface area (Å²) in [7, 11) is 0. The molecule has 26 heavy (non-hydrogen) atoms. The monoisotopic (exact) mass is 348 g/mol. The second kappa shape index (κ2) is 7.74. The van der Waals surface area contributed by atoms with E-state index < -0.39 is 6.04 Å². The molecule has 0 spiro atoms. The molecule has 6 heteroatoms. The Morgan fingerprint density at radius 2 is 1.73 bits per heavy atom. The number of carbonyl (C=O) groups excluding carboxylic acids is 2. The van der Waals surface area contributed by atoms with Crippen molar-refractivity contribution in [1.29, 1.82) is 0 Å². The predicted molar refractivity (Wildman–Crippen MR) is 99.5 cm³/mol. The predicted octanol–water partition coefficient (Wildman–Crippen LogP) is 2.63. The molecule has 0 saturated carbocycles. The van der Waals surface area contributed by atoms with Crippen molar-refractivity contribution < 1.29 is 9.59 Å². The van der Waals surface area contributed by atoms with E-state index in [1.165, 1.54) is 0 Å². The maximum Gasteiger partial charge on any atom is 0.252 e. The minimum Gasteiger partial charge on any atom is -0.352 e. The molecule has 0 saturated heterocycles. The summed E-state index contributed by atoms with van der Waals surface area (Å²) in [5.74, 6) is -0.639. The van der Waals surface area contributed by atoms with E-state index >= 15 is 0 Å². The molecule has 1 atom stereocenters. The quantitative estimate of drug-likeness (QED) is 0.742. The zero-order chi connectivity index (χ0) is 18.5. The SMILES string of the molecule is CC(C)NC(=O)C(NC(=O)c1ccc2ncccc2c1)c1ccccn1. The van der Waals surface area contributed by atoms with Crippen LogP contribution in [0.15, 0.2) is 60.9 Å². The number of amides is 2. The first-order valence-corrected chi connectivity index (χ1v) is 8.41. The first-order valence-electron chi connectivity index (χ1n) is 8.41. The molecule has 3 rings (SSSR count). The number of nitrogens with one attached hydrogen (secondary N) is 2. The molecule has 0 aliphatic carbocycles. The lowest BCUT2D eigenvalue weighted by Crippen LogP contribution is -2.43. The highest BCUT2D eigenvalue weighted by molar-refractivity contribution is 6.00. The van der Waals surface area contributed by atoms with E-state index in [0.717, 1.165) is 10.9 Å². The molecule has 1 unspecified atom stereocenters. The van der Waals surface area contributed by atoms with Gasteiger partial charge in [0, 0.05) is 29.4 Å². The number of fused-ring (bicyclic) bond motifs is 1. The third-order valence-electron chi connectivity index (χ3n) is 3.82. The Balaban J connectivity index is 1.87. The summed E-state index contributed by atoms with van der Waals surface area (Å²) in [5.41, 5.74) is 1.76. The highest BCUT2D eigenvalue weighted by Crippen LogP contribution is 2.16. The van der Waals surface area contributed by atoms with Gasteiger partial charge in [-0.3, -0.25) is 19.6 Å². The fraction of sp³-hybridized carbons (Fsp3) is 0.200. The van der Waals surface area contributed by atoms with Crippen LogP contribution in [0.5, 0.6) is 0 Å². The molecule has 1 aromatic carbocycles. The summed E-state index contributed by atoms with van der Waals surface area (Å²) in [6.07, 6.45) is 3.30. The van der Waals surface area contributed by atoms with Gasteiger partial charge in [-0.1, -0.05) is 12.1 Å². The van der Waals surface area contributed by atoms with Gasteiger partial charge in [-0.15, -0.1) is 0 Å². The van der Waals surface area contributed by atoms with E-state index in [2.05, 4.69) is 20.6 Å². The minimum atomic E-state index is -0.865. The summed E-state index contributed by atoms with van der Waals surface area (Å²) >= 11 is 0. The van der Waals surface area contributed by atoms with Gasteiger partial charge in [-0.05, 0) is 50.2 Å². The molecular formula is C20H20N4O2. The van der Waals surface area contributed by atoms with Crippen LogP contribution < -0.4 is 10.6 Å². The highest BCUT2D eigenvalue weighted by atomic mass is 16.2. The van der Waals surface area contributed by atoms with Crippen LogP contribution in [0, 0.1) is 0 Å². The average molecular weight is 348 g/mol. The lowest BCUT2D eigenvalue weighted by molar-refractivity contribution is -0.123. The normalized spacial score (nSPS) is 12.0. The van der Waals surface area contributed by atoms with Crippen molar-refractivity contribution in [2.24, 2.45) is 0 Å². The molecule has 0 bridgehead atoms. The number of benzene rings is 1. The summed E-state index contributed by atoms with van der Waals surface area (Å²) < 4.78 is 0. The van der Waals surface area contributed by atoms with Crippen molar-refractivity contribution in [3.05, 3.63) is 72.2 Å². The van der Waals surface area contributed by atoms with Gasteiger partial charge in [0.05, 0.1) is 11.2 Å². The van der Waals surface area contributed by atoms with Crippen molar-refractivity contribution in [2.75, 3.05) is 0 Å². The smallest absolute Gasteiger partial charge is 0.252 e. The molecule has 0 aliphatic rings. The van der Waals surface area contributed by atoms with Gasteiger partial charge in [-0.2, -0.15) is 0 Å². The Labute approximate surface area is 151 Å². The molecule has 0 radical (unpaired) electrons. The molecule has 3 aromatic rings. The molecule has 0 aliphatic heterocycles. The minimum absolute atomic E-state index is 0.0441. The Bertz CT molecular complexity index is 925. The highest BCUT2D eigenvalue weighted by Gasteiger charge is 2.25. The molecule has 2 aromatic heterocycles.